The van der Waals surface area contributed by atoms with Crippen LogP contribution in [-0.2, 0) is 4.79 Å². The average molecular weight is 285 g/mol. The highest BCUT2D eigenvalue weighted by Gasteiger charge is 2.19. The van der Waals surface area contributed by atoms with Crippen molar-refractivity contribution in [3.05, 3.63) is 0 Å². The largest absolute Gasteiger partial charge is 0.370 e. The molecule has 3 nitrogen and oxygen atoms in total. The minimum atomic E-state index is -0.158. The first-order valence-electron chi connectivity index (χ1n) is 8.73. The third-order valence-corrected chi connectivity index (χ3v) is 4.82. The lowest BCUT2D eigenvalue weighted by atomic mass is 10.1. The summed E-state index contributed by atoms with van der Waals surface area (Å²) in [6, 6.07) is 0. The van der Waals surface area contributed by atoms with Crippen molar-refractivity contribution in [2.75, 3.05) is 26.2 Å². The summed E-state index contributed by atoms with van der Waals surface area (Å²) in [7, 11) is 0. The predicted molar refractivity (Wildman–Crippen MR) is 87.5 cm³/mol. The van der Waals surface area contributed by atoms with Gasteiger partial charge < -0.3 is 10.2 Å². The lowest BCUT2D eigenvalue weighted by Crippen LogP contribution is -2.48. The first-order chi connectivity index (χ1) is 9.60. The molecule has 0 rings (SSSR count). The van der Waals surface area contributed by atoms with Gasteiger partial charge in [-0.1, -0.05) is 32.1 Å². The van der Waals surface area contributed by atoms with Gasteiger partial charge in [0.1, 0.15) is 0 Å². The number of nitrogens with two attached hydrogens (primary N) is 1. The van der Waals surface area contributed by atoms with Crippen LogP contribution in [0, 0.1) is 0 Å². The number of unbranched alkanes of at least 4 members (excludes halogenated alkanes) is 7. The maximum Gasteiger partial charge on any atom is 0.217 e. The second kappa shape index (κ2) is 12.2. The third-order valence-electron chi connectivity index (χ3n) is 4.82. The van der Waals surface area contributed by atoms with Crippen molar-refractivity contribution in [2.45, 2.75) is 78.6 Å². The third kappa shape index (κ3) is 9.35. The SMILES string of the molecule is CC[N+](CC)(CC)CCCCCCCCCCC(N)=O. The van der Waals surface area contributed by atoms with Gasteiger partial charge in [-0.25, -0.2) is 0 Å². The van der Waals surface area contributed by atoms with Crippen LogP contribution in [0.4, 0.5) is 0 Å². The molecule has 0 heterocycles. The molecule has 20 heavy (non-hydrogen) atoms. The molecule has 0 aromatic carbocycles. The van der Waals surface area contributed by atoms with Crippen LogP contribution in [0.5, 0.6) is 0 Å². The van der Waals surface area contributed by atoms with Crippen molar-refractivity contribution in [1.29, 1.82) is 0 Å². The van der Waals surface area contributed by atoms with E-state index < -0.39 is 0 Å². The summed E-state index contributed by atoms with van der Waals surface area (Å²) in [5, 5.41) is 0. The predicted octanol–water partition coefficient (Wildman–Crippen LogP) is 3.86. The van der Waals surface area contributed by atoms with Crippen LogP contribution >= 0.6 is 0 Å². The molecule has 0 spiro atoms. The van der Waals surface area contributed by atoms with Crippen LogP contribution < -0.4 is 5.73 Å². The molecule has 0 aromatic heterocycles. The first-order valence-corrected chi connectivity index (χ1v) is 8.73. The highest BCUT2D eigenvalue weighted by atomic mass is 16.1. The van der Waals surface area contributed by atoms with E-state index in [-0.39, 0.29) is 5.91 Å². The Morgan fingerprint density at radius 3 is 1.55 bits per heavy atom. The second-order valence-corrected chi connectivity index (χ2v) is 6.06. The smallest absolute Gasteiger partial charge is 0.217 e. The molecule has 120 valence electrons. The summed E-state index contributed by atoms with van der Waals surface area (Å²) in [5.74, 6) is -0.158. The van der Waals surface area contributed by atoms with Crippen LogP contribution in [0.25, 0.3) is 0 Å². The van der Waals surface area contributed by atoms with E-state index in [1.54, 1.807) is 0 Å². The Bertz CT molecular complexity index is 229. The molecule has 0 aliphatic heterocycles. The van der Waals surface area contributed by atoms with E-state index >= 15 is 0 Å². The summed E-state index contributed by atoms with van der Waals surface area (Å²) in [6.45, 7) is 12.1. The minimum absolute atomic E-state index is 0.158. The Morgan fingerprint density at radius 1 is 0.750 bits per heavy atom. The fourth-order valence-corrected chi connectivity index (χ4v) is 2.95. The van der Waals surface area contributed by atoms with E-state index in [2.05, 4.69) is 20.8 Å². The van der Waals surface area contributed by atoms with Crippen molar-refractivity contribution >= 4 is 5.91 Å². The number of amides is 1. The summed E-state index contributed by atoms with van der Waals surface area (Å²) >= 11 is 0. The summed E-state index contributed by atoms with van der Waals surface area (Å²) in [4.78, 5) is 10.6. The van der Waals surface area contributed by atoms with Gasteiger partial charge in [-0.2, -0.15) is 0 Å². The molecule has 1 amide bonds. The Balaban J connectivity index is 3.38. The zero-order valence-electron chi connectivity index (χ0n) is 14.1. The zero-order valence-corrected chi connectivity index (χ0v) is 14.1. The Morgan fingerprint density at radius 2 is 1.15 bits per heavy atom. The van der Waals surface area contributed by atoms with Gasteiger partial charge in [-0.3, -0.25) is 4.79 Å². The van der Waals surface area contributed by atoms with Crippen molar-refractivity contribution in [3.63, 3.8) is 0 Å². The molecule has 0 radical (unpaired) electrons. The minimum Gasteiger partial charge on any atom is -0.370 e. The Kier molecular flexibility index (Phi) is 11.8. The van der Waals surface area contributed by atoms with Crippen LogP contribution in [-0.4, -0.2) is 36.6 Å². The molecule has 0 aliphatic rings. The summed E-state index contributed by atoms with van der Waals surface area (Å²) in [6.07, 6.45) is 10.7. The Hall–Kier alpha value is -0.570. The number of carbonyl (C=O) groups excluding carboxylic acids is 1. The van der Waals surface area contributed by atoms with Gasteiger partial charge in [0.05, 0.1) is 26.2 Å². The second-order valence-electron chi connectivity index (χ2n) is 6.06. The van der Waals surface area contributed by atoms with Gasteiger partial charge in [-0.05, 0) is 40.0 Å². The van der Waals surface area contributed by atoms with Crippen molar-refractivity contribution in [3.8, 4) is 0 Å². The van der Waals surface area contributed by atoms with Gasteiger partial charge in [0, 0.05) is 6.42 Å². The molecule has 0 fully saturated rings. The first kappa shape index (κ1) is 19.4. The molecule has 0 bridgehead atoms. The topological polar surface area (TPSA) is 43.1 Å². The molecule has 0 aliphatic carbocycles. The van der Waals surface area contributed by atoms with Crippen molar-refractivity contribution in [1.82, 2.24) is 0 Å². The number of primary amides is 1. The van der Waals surface area contributed by atoms with Gasteiger partial charge in [0.2, 0.25) is 5.91 Å². The maximum absolute atomic E-state index is 10.6. The highest BCUT2D eigenvalue weighted by Crippen LogP contribution is 2.13. The van der Waals surface area contributed by atoms with Crippen LogP contribution in [0.3, 0.4) is 0 Å². The number of quaternary nitrogens is 1. The molecular formula is C17H37N2O+. The van der Waals surface area contributed by atoms with Crippen LogP contribution in [0.15, 0.2) is 0 Å². The molecule has 2 N–H and O–H groups in total. The van der Waals surface area contributed by atoms with E-state index in [0.717, 1.165) is 12.8 Å². The fourth-order valence-electron chi connectivity index (χ4n) is 2.95. The summed E-state index contributed by atoms with van der Waals surface area (Å²) in [5.41, 5.74) is 5.12. The molecule has 0 saturated heterocycles. The summed E-state index contributed by atoms with van der Waals surface area (Å²) < 4.78 is 1.28. The average Bonchev–Trinajstić information content (AvgIpc) is 2.45. The molecule has 0 saturated carbocycles. The lowest BCUT2D eigenvalue weighted by molar-refractivity contribution is -0.923. The van der Waals surface area contributed by atoms with Gasteiger partial charge in [0.25, 0.3) is 0 Å². The van der Waals surface area contributed by atoms with E-state index in [4.69, 9.17) is 5.73 Å². The van der Waals surface area contributed by atoms with E-state index in [1.165, 1.54) is 69.2 Å². The Labute approximate surface area is 126 Å². The monoisotopic (exact) mass is 285 g/mol. The zero-order chi connectivity index (χ0) is 15.3. The number of hydrogen-bond acceptors (Lipinski definition) is 1. The fraction of sp³-hybridized carbons (Fsp3) is 0.941. The standard InChI is InChI=1S/C17H36N2O/c1-4-19(5-2,6-3)16-14-12-10-8-7-9-11-13-15-17(18)20/h4-16H2,1-3H3,(H-,18,20)/p+1. The lowest BCUT2D eigenvalue weighted by Gasteiger charge is -2.35. The van der Waals surface area contributed by atoms with Crippen molar-refractivity contribution in [2.24, 2.45) is 5.73 Å². The van der Waals surface area contributed by atoms with Crippen molar-refractivity contribution < 1.29 is 9.28 Å². The van der Waals surface area contributed by atoms with Gasteiger partial charge in [-0.15, -0.1) is 0 Å². The maximum atomic E-state index is 10.6. The van der Waals surface area contributed by atoms with Crippen LogP contribution in [0.2, 0.25) is 0 Å². The number of hydrogen-bond donors (Lipinski definition) is 1. The van der Waals surface area contributed by atoms with E-state index in [1.807, 2.05) is 0 Å². The molecule has 0 unspecified atom stereocenters. The van der Waals surface area contributed by atoms with E-state index in [9.17, 15) is 4.79 Å². The van der Waals surface area contributed by atoms with E-state index in [0.29, 0.717) is 6.42 Å². The number of rotatable bonds is 14. The molecule has 3 heteroatoms. The molecule has 0 aromatic rings. The number of nitrogens with zero attached hydrogens (tertiary/aromatic N) is 1. The molecule has 0 atom stereocenters. The molecular weight excluding hydrogens is 248 g/mol. The quantitative estimate of drug-likeness (QED) is 0.382. The highest BCUT2D eigenvalue weighted by molar-refractivity contribution is 5.73. The van der Waals surface area contributed by atoms with Gasteiger partial charge >= 0.3 is 0 Å². The van der Waals surface area contributed by atoms with Crippen LogP contribution in [0.1, 0.15) is 78.6 Å². The van der Waals surface area contributed by atoms with Gasteiger partial charge in [0.15, 0.2) is 0 Å². The normalized spacial score (nSPS) is 11.8. The number of carbonyl (C=O) groups is 1.